The lowest BCUT2D eigenvalue weighted by molar-refractivity contribution is -0.133. The second-order valence-corrected chi connectivity index (χ2v) is 4.11. The monoisotopic (exact) mass is 283 g/mol. The Balaban J connectivity index is 1.99. The predicted octanol–water partition coefficient (Wildman–Crippen LogP) is 2.27. The van der Waals surface area contributed by atoms with Gasteiger partial charge in [-0.05, 0) is 42.5 Å². The highest BCUT2D eigenvalue weighted by molar-refractivity contribution is 6.43. The highest BCUT2D eigenvalue weighted by Gasteiger charge is 2.14. The van der Waals surface area contributed by atoms with E-state index in [1.165, 1.54) is 42.5 Å². The fourth-order valence-electron chi connectivity index (χ4n) is 1.57. The first-order valence-corrected chi connectivity index (χ1v) is 5.96. The number of hydrogen-bond donors (Lipinski definition) is 2. The van der Waals surface area contributed by atoms with Crippen molar-refractivity contribution in [3.63, 3.8) is 0 Å². The van der Waals surface area contributed by atoms with Gasteiger partial charge in [-0.1, -0.05) is 6.07 Å². The molecule has 0 spiro atoms. The highest BCUT2D eigenvalue weighted by atomic mass is 19.1. The molecule has 2 rings (SSSR count). The van der Waals surface area contributed by atoms with E-state index < -0.39 is 17.6 Å². The molecule has 21 heavy (non-hydrogen) atoms. The molecular weight excluding hydrogens is 273 g/mol. The van der Waals surface area contributed by atoms with Gasteiger partial charge < -0.3 is 10.6 Å². The predicted molar refractivity (Wildman–Crippen MR) is 74.8 cm³/mol. The first kappa shape index (κ1) is 14.2. The minimum atomic E-state index is -0.912. The third kappa shape index (κ3) is 3.88. The van der Waals surface area contributed by atoms with Gasteiger partial charge in [0, 0.05) is 11.4 Å². The summed E-state index contributed by atoms with van der Waals surface area (Å²) in [6.45, 7) is 0. The van der Waals surface area contributed by atoms with Crippen LogP contribution in [0.25, 0.3) is 0 Å². The summed E-state index contributed by atoms with van der Waals surface area (Å²) in [7, 11) is 0. The van der Waals surface area contributed by atoms with Gasteiger partial charge in [-0.25, -0.2) is 4.39 Å². The van der Waals surface area contributed by atoms with Gasteiger partial charge in [-0.15, -0.1) is 0 Å². The zero-order valence-corrected chi connectivity index (χ0v) is 10.8. The van der Waals surface area contributed by atoms with Crippen molar-refractivity contribution in [1.29, 1.82) is 5.26 Å². The maximum absolute atomic E-state index is 13.0. The van der Waals surface area contributed by atoms with Gasteiger partial charge in [-0.3, -0.25) is 9.59 Å². The van der Waals surface area contributed by atoms with Gasteiger partial charge in [0.05, 0.1) is 11.6 Å². The summed E-state index contributed by atoms with van der Waals surface area (Å²) in [5.41, 5.74) is 1.01. The maximum Gasteiger partial charge on any atom is 0.314 e. The second-order valence-electron chi connectivity index (χ2n) is 4.11. The van der Waals surface area contributed by atoms with E-state index in [2.05, 4.69) is 10.6 Å². The number of nitrogens with one attached hydrogen (secondary N) is 2. The van der Waals surface area contributed by atoms with Crippen molar-refractivity contribution in [2.75, 3.05) is 10.6 Å². The number of benzene rings is 2. The van der Waals surface area contributed by atoms with E-state index in [1.807, 2.05) is 6.07 Å². The summed E-state index contributed by atoms with van der Waals surface area (Å²) < 4.78 is 13.0. The van der Waals surface area contributed by atoms with Crippen LogP contribution in [0, 0.1) is 17.1 Å². The van der Waals surface area contributed by atoms with Crippen LogP contribution in [0.2, 0.25) is 0 Å². The van der Waals surface area contributed by atoms with Crippen LogP contribution in [0.5, 0.6) is 0 Å². The van der Waals surface area contributed by atoms with Gasteiger partial charge in [0.25, 0.3) is 0 Å². The Hall–Kier alpha value is -3.20. The number of halogens is 1. The summed E-state index contributed by atoms with van der Waals surface area (Å²) in [6, 6.07) is 13.2. The van der Waals surface area contributed by atoms with Crippen molar-refractivity contribution in [2.45, 2.75) is 0 Å². The molecular formula is C15H10FN3O2. The number of anilines is 2. The van der Waals surface area contributed by atoms with Crippen molar-refractivity contribution in [2.24, 2.45) is 0 Å². The molecule has 2 aromatic rings. The number of amides is 2. The van der Waals surface area contributed by atoms with E-state index >= 15 is 0 Å². The van der Waals surface area contributed by atoms with E-state index in [1.54, 1.807) is 0 Å². The second kappa shape index (κ2) is 6.30. The van der Waals surface area contributed by atoms with Crippen LogP contribution in [-0.2, 0) is 9.59 Å². The van der Waals surface area contributed by atoms with Crippen molar-refractivity contribution >= 4 is 23.2 Å². The van der Waals surface area contributed by atoms with Crippen molar-refractivity contribution in [1.82, 2.24) is 0 Å². The van der Waals surface area contributed by atoms with E-state index in [-0.39, 0.29) is 5.69 Å². The number of hydrogen-bond acceptors (Lipinski definition) is 3. The zero-order chi connectivity index (χ0) is 15.2. The van der Waals surface area contributed by atoms with E-state index in [9.17, 15) is 14.0 Å². The van der Waals surface area contributed by atoms with Crippen LogP contribution < -0.4 is 10.6 Å². The molecule has 0 bridgehead atoms. The molecule has 0 fully saturated rings. The average Bonchev–Trinajstić information content (AvgIpc) is 2.48. The first-order valence-electron chi connectivity index (χ1n) is 5.96. The summed E-state index contributed by atoms with van der Waals surface area (Å²) in [6.07, 6.45) is 0. The molecule has 0 heterocycles. The van der Waals surface area contributed by atoms with Crippen molar-refractivity contribution in [3.8, 4) is 6.07 Å². The molecule has 0 aromatic heterocycles. The molecule has 2 amide bonds. The van der Waals surface area contributed by atoms with Crippen LogP contribution in [0.4, 0.5) is 15.8 Å². The molecule has 0 atom stereocenters. The molecule has 0 aliphatic carbocycles. The summed E-state index contributed by atoms with van der Waals surface area (Å²) >= 11 is 0. The molecule has 0 saturated heterocycles. The summed E-state index contributed by atoms with van der Waals surface area (Å²) in [5.74, 6) is -2.31. The van der Waals surface area contributed by atoms with Crippen LogP contribution in [-0.4, -0.2) is 11.8 Å². The van der Waals surface area contributed by atoms with Gasteiger partial charge in [0.15, 0.2) is 0 Å². The van der Waals surface area contributed by atoms with E-state index in [0.29, 0.717) is 11.3 Å². The Morgan fingerprint density at radius 2 is 1.57 bits per heavy atom. The SMILES string of the molecule is N#Cc1ccc(NC(=O)C(=O)Nc2cccc(F)c2)cc1. The minimum Gasteiger partial charge on any atom is -0.318 e. The topological polar surface area (TPSA) is 82.0 Å². The third-order valence-corrected chi connectivity index (χ3v) is 2.56. The number of rotatable bonds is 2. The molecule has 2 N–H and O–H groups in total. The Bertz CT molecular complexity index is 720. The summed E-state index contributed by atoms with van der Waals surface area (Å²) in [5, 5.41) is 13.3. The highest BCUT2D eigenvalue weighted by Crippen LogP contribution is 2.11. The minimum absolute atomic E-state index is 0.190. The molecule has 0 saturated carbocycles. The Labute approximate surface area is 120 Å². The average molecular weight is 283 g/mol. The molecule has 0 aliphatic heterocycles. The third-order valence-electron chi connectivity index (χ3n) is 2.56. The molecule has 2 aromatic carbocycles. The zero-order valence-electron chi connectivity index (χ0n) is 10.8. The van der Waals surface area contributed by atoms with Crippen LogP contribution in [0.3, 0.4) is 0 Å². The van der Waals surface area contributed by atoms with Crippen molar-refractivity contribution < 1.29 is 14.0 Å². The molecule has 0 unspecified atom stereocenters. The quantitative estimate of drug-likeness (QED) is 0.829. The lowest BCUT2D eigenvalue weighted by atomic mass is 10.2. The van der Waals surface area contributed by atoms with Crippen molar-refractivity contribution in [3.05, 3.63) is 59.9 Å². The normalized spacial score (nSPS) is 9.52. The van der Waals surface area contributed by atoms with E-state index in [0.717, 1.165) is 6.07 Å². The van der Waals surface area contributed by atoms with Crippen LogP contribution >= 0.6 is 0 Å². The number of nitrogens with zero attached hydrogens (tertiary/aromatic N) is 1. The smallest absolute Gasteiger partial charge is 0.314 e. The van der Waals surface area contributed by atoms with E-state index in [4.69, 9.17) is 5.26 Å². The van der Waals surface area contributed by atoms with Gasteiger partial charge in [-0.2, -0.15) is 5.26 Å². The lowest BCUT2D eigenvalue weighted by Crippen LogP contribution is -2.29. The Morgan fingerprint density at radius 3 is 2.14 bits per heavy atom. The number of carbonyl (C=O) groups is 2. The first-order chi connectivity index (χ1) is 10.1. The maximum atomic E-state index is 13.0. The molecule has 6 heteroatoms. The summed E-state index contributed by atoms with van der Waals surface area (Å²) in [4.78, 5) is 23.3. The Kier molecular flexibility index (Phi) is 4.26. The molecule has 0 aliphatic rings. The van der Waals surface area contributed by atoms with Crippen LogP contribution in [0.15, 0.2) is 48.5 Å². The number of carbonyl (C=O) groups excluding carboxylic acids is 2. The standard InChI is InChI=1S/C15H10FN3O2/c16-11-2-1-3-13(8-11)19-15(21)14(20)18-12-6-4-10(9-17)5-7-12/h1-8H,(H,18,20)(H,19,21). The fourth-order valence-corrected chi connectivity index (χ4v) is 1.57. The van der Waals surface area contributed by atoms with Gasteiger partial charge in [0.2, 0.25) is 0 Å². The van der Waals surface area contributed by atoms with Gasteiger partial charge >= 0.3 is 11.8 Å². The molecule has 5 nitrogen and oxygen atoms in total. The van der Waals surface area contributed by atoms with Gasteiger partial charge in [0.1, 0.15) is 5.82 Å². The Morgan fingerprint density at radius 1 is 0.952 bits per heavy atom. The van der Waals surface area contributed by atoms with Crippen LogP contribution in [0.1, 0.15) is 5.56 Å². The fraction of sp³-hybridized carbons (Fsp3) is 0. The lowest BCUT2D eigenvalue weighted by Gasteiger charge is -2.06. The molecule has 0 radical (unpaired) electrons. The largest absolute Gasteiger partial charge is 0.318 e. The number of nitriles is 1. The molecule has 104 valence electrons.